The summed E-state index contributed by atoms with van der Waals surface area (Å²) in [7, 11) is 1.60. The molecule has 0 bridgehead atoms. The highest BCUT2D eigenvalue weighted by molar-refractivity contribution is 5.95. The van der Waals surface area contributed by atoms with Gasteiger partial charge in [-0.1, -0.05) is 13.8 Å². The Bertz CT molecular complexity index is 517. The van der Waals surface area contributed by atoms with Gasteiger partial charge in [0, 0.05) is 18.7 Å². The third-order valence-electron chi connectivity index (χ3n) is 3.93. The maximum atomic E-state index is 12.7. The number of piperidine rings is 1. The lowest BCUT2D eigenvalue weighted by Gasteiger charge is -2.35. The van der Waals surface area contributed by atoms with Crippen LogP contribution < -0.4 is 9.47 Å². The Labute approximate surface area is 133 Å². The van der Waals surface area contributed by atoms with E-state index >= 15 is 0 Å². The number of hydrogen-bond donors (Lipinski definition) is 0. The number of nitrogens with zero attached hydrogens (tertiary/aromatic N) is 1. The second-order valence-electron chi connectivity index (χ2n) is 6.69. The normalized spacial score (nSPS) is 21.8. The van der Waals surface area contributed by atoms with Gasteiger partial charge in [0.2, 0.25) is 0 Å². The Hall–Kier alpha value is -1.71. The minimum atomic E-state index is 0.0687. The van der Waals surface area contributed by atoms with E-state index in [-0.39, 0.29) is 12.0 Å². The van der Waals surface area contributed by atoms with Gasteiger partial charge in [-0.05, 0) is 50.3 Å². The van der Waals surface area contributed by atoms with E-state index in [9.17, 15) is 4.79 Å². The van der Waals surface area contributed by atoms with E-state index in [1.807, 2.05) is 30.9 Å². The summed E-state index contributed by atoms with van der Waals surface area (Å²) >= 11 is 0. The van der Waals surface area contributed by atoms with Crippen LogP contribution in [0.3, 0.4) is 0 Å². The molecule has 1 aliphatic heterocycles. The zero-order chi connectivity index (χ0) is 16.3. The van der Waals surface area contributed by atoms with Crippen LogP contribution in [-0.2, 0) is 0 Å². The summed E-state index contributed by atoms with van der Waals surface area (Å²) in [5, 5.41) is 0. The SMILES string of the molecule is COc1cc(C(=O)N2CC(C)CC(C)C2)ccc1OC(C)C. The third-order valence-corrected chi connectivity index (χ3v) is 3.93. The van der Waals surface area contributed by atoms with E-state index in [0.29, 0.717) is 28.9 Å². The predicted molar refractivity (Wildman–Crippen MR) is 87.6 cm³/mol. The summed E-state index contributed by atoms with van der Waals surface area (Å²) in [5.41, 5.74) is 0.661. The molecule has 22 heavy (non-hydrogen) atoms. The molecule has 0 N–H and O–H groups in total. The summed E-state index contributed by atoms with van der Waals surface area (Å²) in [6, 6.07) is 5.43. The van der Waals surface area contributed by atoms with Crippen molar-refractivity contribution in [3.8, 4) is 11.5 Å². The number of hydrogen-bond acceptors (Lipinski definition) is 3. The zero-order valence-corrected chi connectivity index (χ0v) is 14.3. The van der Waals surface area contributed by atoms with Gasteiger partial charge >= 0.3 is 0 Å². The topological polar surface area (TPSA) is 38.8 Å². The van der Waals surface area contributed by atoms with Gasteiger partial charge in [0.1, 0.15) is 0 Å². The minimum absolute atomic E-state index is 0.0687. The van der Waals surface area contributed by atoms with Gasteiger partial charge in [0.25, 0.3) is 5.91 Å². The molecule has 0 aromatic heterocycles. The Morgan fingerprint density at radius 3 is 2.36 bits per heavy atom. The number of carbonyl (C=O) groups is 1. The summed E-state index contributed by atoms with van der Waals surface area (Å²) in [5.74, 6) is 2.47. The fourth-order valence-corrected chi connectivity index (χ4v) is 3.16. The summed E-state index contributed by atoms with van der Waals surface area (Å²) < 4.78 is 11.1. The number of ether oxygens (including phenoxy) is 2. The fourth-order valence-electron chi connectivity index (χ4n) is 3.16. The van der Waals surface area contributed by atoms with Gasteiger partial charge in [-0.15, -0.1) is 0 Å². The summed E-state index contributed by atoms with van der Waals surface area (Å²) in [4.78, 5) is 14.7. The first-order chi connectivity index (χ1) is 10.4. The molecule has 1 amide bonds. The molecule has 1 fully saturated rings. The van der Waals surface area contributed by atoms with Gasteiger partial charge < -0.3 is 14.4 Å². The van der Waals surface area contributed by atoms with Crippen LogP contribution in [0.4, 0.5) is 0 Å². The first-order valence-electron chi connectivity index (χ1n) is 8.04. The van der Waals surface area contributed by atoms with E-state index in [1.54, 1.807) is 13.2 Å². The van der Waals surface area contributed by atoms with Crippen LogP contribution in [0.25, 0.3) is 0 Å². The van der Waals surface area contributed by atoms with E-state index in [1.165, 1.54) is 6.42 Å². The molecule has 4 heteroatoms. The highest BCUT2D eigenvalue weighted by Gasteiger charge is 2.26. The number of methoxy groups -OCH3 is 1. The fraction of sp³-hybridized carbons (Fsp3) is 0.611. The third kappa shape index (κ3) is 3.93. The molecule has 1 aromatic carbocycles. The molecule has 0 spiro atoms. The highest BCUT2D eigenvalue weighted by Crippen LogP contribution is 2.30. The van der Waals surface area contributed by atoms with Gasteiger partial charge in [-0.3, -0.25) is 4.79 Å². The first-order valence-corrected chi connectivity index (χ1v) is 8.04. The second-order valence-corrected chi connectivity index (χ2v) is 6.69. The Balaban J connectivity index is 2.19. The molecular weight excluding hydrogens is 278 g/mol. The maximum absolute atomic E-state index is 12.7. The Morgan fingerprint density at radius 1 is 1.18 bits per heavy atom. The van der Waals surface area contributed by atoms with E-state index in [0.717, 1.165) is 13.1 Å². The highest BCUT2D eigenvalue weighted by atomic mass is 16.5. The van der Waals surface area contributed by atoms with E-state index < -0.39 is 0 Å². The first kappa shape index (κ1) is 16.7. The van der Waals surface area contributed by atoms with Crippen molar-refractivity contribution in [2.75, 3.05) is 20.2 Å². The van der Waals surface area contributed by atoms with E-state index in [4.69, 9.17) is 9.47 Å². The van der Waals surface area contributed by atoms with E-state index in [2.05, 4.69) is 13.8 Å². The number of likely N-dealkylation sites (tertiary alicyclic amines) is 1. The molecule has 2 atom stereocenters. The summed E-state index contributed by atoms with van der Waals surface area (Å²) in [6.07, 6.45) is 1.26. The van der Waals surface area contributed by atoms with Crippen LogP contribution >= 0.6 is 0 Å². The number of amides is 1. The van der Waals surface area contributed by atoms with Crippen LogP contribution in [0.2, 0.25) is 0 Å². The van der Waals surface area contributed by atoms with Crippen molar-refractivity contribution in [3.05, 3.63) is 23.8 Å². The average Bonchev–Trinajstić information content (AvgIpc) is 2.45. The second kappa shape index (κ2) is 7.03. The molecule has 2 unspecified atom stereocenters. The van der Waals surface area contributed by atoms with Crippen molar-refractivity contribution < 1.29 is 14.3 Å². The lowest BCUT2D eigenvalue weighted by Crippen LogP contribution is -2.42. The van der Waals surface area contributed by atoms with Gasteiger partial charge in [0.05, 0.1) is 13.2 Å². The molecule has 0 saturated carbocycles. The van der Waals surface area contributed by atoms with Crippen molar-refractivity contribution >= 4 is 5.91 Å². The van der Waals surface area contributed by atoms with Gasteiger partial charge in [-0.25, -0.2) is 0 Å². The van der Waals surface area contributed by atoms with Crippen LogP contribution in [0.5, 0.6) is 11.5 Å². The molecule has 1 aliphatic rings. The lowest BCUT2D eigenvalue weighted by atomic mass is 9.91. The summed E-state index contributed by atoms with van der Waals surface area (Å²) in [6.45, 7) is 10.0. The predicted octanol–water partition coefficient (Wildman–Crippen LogP) is 3.60. The van der Waals surface area contributed by atoms with Crippen LogP contribution in [-0.4, -0.2) is 37.1 Å². The molecule has 2 rings (SSSR count). The molecule has 1 aromatic rings. The smallest absolute Gasteiger partial charge is 0.254 e. The molecule has 122 valence electrons. The monoisotopic (exact) mass is 305 g/mol. The van der Waals surface area contributed by atoms with Crippen LogP contribution in [0, 0.1) is 11.8 Å². The molecule has 1 saturated heterocycles. The average molecular weight is 305 g/mol. The molecule has 4 nitrogen and oxygen atoms in total. The number of rotatable bonds is 4. The molecule has 0 aliphatic carbocycles. The Kier molecular flexibility index (Phi) is 5.33. The maximum Gasteiger partial charge on any atom is 0.254 e. The van der Waals surface area contributed by atoms with Crippen molar-refractivity contribution in [1.82, 2.24) is 4.90 Å². The number of carbonyl (C=O) groups excluding carboxylic acids is 1. The molecular formula is C18H27NO3. The molecule has 1 heterocycles. The largest absolute Gasteiger partial charge is 0.493 e. The number of benzene rings is 1. The van der Waals surface area contributed by atoms with Crippen molar-refractivity contribution in [2.24, 2.45) is 11.8 Å². The lowest BCUT2D eigenvalue weighted by molar-refractivity contribution is 0.0622. The van der Waals surface area contributed by atoms with Gasteiger partial charge in [-0.2, -0.15) is 0 Å². The Morgan fingerprint density at radius 2 is 1.82 bits per heavy atom. The van der Waals surface area contributed by atoms with Crippen molar-refractivity contribution in [1.29, 1.82) is 0 Å². The standard InChI is InChI=1S/C18H27NO3/c1-12(2)22-16-7-6-15(9-17(16)21-5)18(20)19-10-13(3)8-14(4)11-19/h6-7,9,12-14H,8,10-11H2,1-5H3. The van der Waals surface area contributed by atoms with Crippen molar-refractivity contribution in [2.45, 2.75) is 40.2 Å². The minimum Gasteiger partial charge on any atom is -0.493 e. The zero-order valence-electron chi connectivity index (χ0n) is 14.3. The van der Waals surface area contributed by atoms with Crippen LogP contribution in [0.15, 0.2) is 18.2 Å². The quantitative estimate of drug-likeness (QED) is 0.853. The van der Waals surface area contributed by atoms with Gasteiger partial charge in [0.15, 0.2) is 11.5 Å². The van der Waals surface area contributed by atoms with Crippen molar-refractivity contribution in [3.63, 3.8) is 0 Å². The molecule has 0 radical (unpaired) electrons. The van der Waals surface area contributed by atoms with Crippen LogP contribution in [0.1, 0.15) is 44.5 Å².